The summed E-state index contributed by atoms with van der Waals surface area (Å²) in [5.74, 6) is -1.02. The van der Waals surface area contributed by atoms with Crippen LogP contribution in [0.2, 0.25) is 0 Å². The van der Waals surface area contributed by atoms with E-state index in [-0.39, 0.29) is 11.8 Å². The molecule has 1 aromatic heterocycles. The van der Waals surface area contributed by atoms with Gasteiger partial charge in [0.2, 0.25) is 0 Å². The van der Waals surface area contributed by atoms with Gasteiger partial charge < -0.3 is 9.73 Å². The van der Waals surface area contributed by atoms with E-state index in [1.165, 1.54) is 6.07 Å². The van der Waals surface area contributed by atoms with Gasteiger partial charge in [-0.15, -0.1) is 0 Å². The fourth-order valence-corrected chi connectivity index (χ4v) is 2.38. The highest BCUT2D eigenvalue weighted by molar-refractivity contribution is 5.92. The molecule has 1 unspecified atom stereocenters. The number of benzene rings is 2. The Morgan fingerprint density at radius 1 is 1.13 bits per heavy atom. The van der Waals surface area contributed by atoms with E-state index in [0.717, 1.165) is 22.4 Å². The second-order valence-electron chi connectivity index (χ2n) is 5.20. The average molecular weight is 310 g/mol. The largest absolute Gasteiger partial charge is 0.433 e. The molecule has 3 aromatic rings. The summed E-state index contributed by atoms with van der Waals surface area (Å²) in [6, 6.07) is 16.1. The van der Waals surface area contributed by atoms with Crippen molar-refractivity contribution in [1.82, 2.24) is 5.32 Å². The first-order chi connectivity index (χ1) is 11.0. The van der Waals surface area contributed by atoms with E-state index in [9.17, 15) is 14.9 Å². The fourth-order valence-electron chi connectivity index (χ4n) is 2.38. The van der Waals surface area contributed by atoms with Gasteiger partial charge in [-0.2, -0.15) is 0 Å². The predicted molar refractivity (Wildman–Crippen MR) is 85.2 cm³/mol. The van der Waals surface area contributed by atoms with E-state index in [0.29, 0.717) is 0 Å². The molecule has 3 rings (SSSR count). The van der Waals surface area contributed by atoms with Crippen molar-refractivity contribution >= 4 is 22.6 Å². The van der Waals surface area contributed by atoms with Crippen molar-refractivity contribution in [3.05, 3.63) is 76.0 Å². The molecular formula is C17H14N2O4. The van der Waals surface area contributed by atoms with E-state index in [1.54, 1.807) is 0 Å². The van der Waals surface area contributed by atoms with Gasteiger partial charge in [0, 0.05) is 0 Å². The minimum Gasteiger partial charge on any atom is -0.395 e. The van der Waals surface area contributed by atoms with Crippen LogP contribution in [0.4, 0.5) is 5.88 Å². The fraction of sp³-hybridized carbons (Fsp3) is 0.118. The van der Waals surface area contributed by atoms with Crippen molar-refractivity contribution in [2.75, 3.05) is 0 Å². The van der Waals surface area contributed by atoms with Gasteiger partial charge >= 0.3 is 5.88 Å². The average Bonchev–Trinajstić information content (AvgIpc) is 3.04. The number of fused-ring (bicyclic) bond motifs is 1. The molecule has 23 heavy (non-hydrogen) atoms. The van der Waals surface area contributed by atoms with E-state index in [2.05, 4.69) is 5.32 Å². The van der Waals surface area contributed by atoms with Gasteiger partial charge in [-0.1, -0.05) is 36.4 Å². The van der Waals surface area contributed by atoms with E-state index < -0.39 is 16.7 Å². The molecule has 0 radical (unpaired) electrons. The molecule has 0 bridgehead atoms. The molecule has 0 aliphatic carbocycles. The lowest BCUT2D eigenvalue weighted by atomic mass is 10.0. The van der Waals surface area contributed by atoms with Crippen LogP contribution >= 0.6 is 0 Å². The normalized spacial score (nSPS) is 12.0. The summed E-state index contributed by atoms with van der Waals surface area (Å²) in [7, 11) is 0. The number of nitrogens with one attached hydrogen (secondary N) is 1. The first-order valence-electron chi connectivity index (χ1n) is 7.08. The number of hydrogen-bond acceptors (Lipinski definition) is 4. The number of nitrogens with zero attached hydrogens (tertiary/aromatic N) is 1. The molecule has 0 fully saturated rings. The molecule has 0 aliphatic heterocycles. The Labute approximate surface area is 131 Å². The Kier molecular flexibility index (Phi) is 3.80. The van der Waals surface area contributed by atoms with Gasteiger partial charge in [0.1, 0.15) is 4.92 Å². The van der Waals surface area contributed by atoms with Crippen LogP contribution in [0.3, 0.4) is 0 Å². The summed E-state index contributed by atoms with van der Waals surface area (Å²) in [6.45, 7) is 1.85. The Balaban J connectivity index is 1.77. The number of hydrogen-bond donors (Lipinski definition) is 1. The van der Waals surface area contributed by atoms with Crippen LogP contribution < -0.4 is 5.32 Å². The quantitative estimate of drug-likeness (QED) is 0.586. The summed E-state index contributed by atoms with van der Waals surface area (Å²) in [5.41, 5.74) is 0.943. The Morgan fingerprint density at radius 3 is 2.57 bits per heavy atom. The van der Waals surface area contributed by atoms with Crippen molar-refractivity contribution in [1.29, 1.82) is 0 Å². The molecule has 1 atom stereocenters. The molecule has 1 N–H and O–H groups in total. The molecule has 2 aromatic carbocycles. The topological polar surface area (TPSA) is 85.4 Å². The van der Waals surface area contributed by atoms with Crippen molar-refractivity contribution in [3.63, 3.8) is 0 Å². The van der Waals surface area contributed by atoms with Crippen LogP contribution in [-0.4, -0.2) is 10.8 Å². The maximum atomic E-state index is 12.1. The molecular weight excluding hydrogens is 296 g/mol. The van der Waals surface area contributed by atoms with Crippen LogP contribution in [0.15, 0.2) is 59.0 Å². The van der Waals surface area contributed by atoms with E-state index >= 15 is 0 Å². The maximum Gasteiger partial charge on any atom is 0.433 e. The number of carbonyl (C=O) groups excluding carboxylic acids is 1. The van der Waals surface area contributed by atoms with E-state index in [4.69, 9.17) is 4.42 Å². The van der Waals surface area contributed by atoms with Gasteiger partial charge in [0.25, 0.3) is 5.91 Å². The van der Waals surface area contributed by atoms with Gasteiger partial charge in [0.15, 0.2) is 5.76 Å². The Morgan fingerprint density at radius 2 is 1.87 bits per heavy atom. The van der Waals surface area contributed by atoms with Crippen molar-refractivity contribution in [3.8, 4) is 0 Å². The zero-order chi connectivity index (χ0) is 16.4. The summed E-state index contributed by atoms with van der Waals surface area (Å²) in [5, 5.41) is 15.6. The molecule has 6 heteroatoms. The maximum absolute atomic E-state index is 12.1. The lowest BCUT2D eigenvalue weighted by Crippen LogP contribution is -2.26. The van der Waals surface area contributed by atoms with Gasteiger partial charge in [-0.3, -0.25) is 14.9 Å². The minimum absolute atomic E-state index is 0.0793. The van der Waals surface area contributed by atoms with Crippen LogP contribution in [0.1, 0.15) is 29.1 Å². The molecule has 6 nitrogen and oxygen atoms in total. The molecule has 1 heterocycles. The summed E-state index contributed by atoms with van der Waals surface area (Å²) < 4.78 is 4.90. The molecule has 0 saturated carbocycles. The van der Waals surface area contributed by atoms with Crippen LogP contribution in [0, 0.1) is 10.1 Å². The zero-order valence-electron chi connectivity index (χ0n) is 12.4. The first-order valence-corrected chi connectivity index (χ1v) is 7.08. The monoisotopic (exact) mass is 310 g/mol. The number of nitro groups is 1. The number of rotatable bonds is 4. The Hall–Kier alpha value is -3.15. The van der Waals surface area contributed by atoms with Crippen molar-refractivity contribution in [2.45, 2.75) is 13.0 Å². The zero-order valence-corrected chi connectivity index (χ0v) is 12.4. The van der Waals surface area contributed by atoms with Gasteiger partial charge in [-0.25, -0.2) is 0 Å². The second-order valence-corrected chi connectivity index (χ2v) is 5.20. The number of carbonyl (C=O) groups is 1. The van der Waals surface area contributed by atoms with Crippen molar-refractivity contribution < 1.29 is 14.1 Å². The third-order valence-corrected chi connectivity index (χ3v) is 3.62. The Bertz CT molecular complexity index is 885. The minimum atomic E-state index is -0.677. The molecule has 0 saturated heterocycles. The summed E-state index contributed by atoms with van der Waals surface area (Å²) in [6.07, 6.45) is 0. The summed E-state index contributed by atoms with van der Waals surface area (Å²) >= 11 is 0. The van der Waals surface area contributed by atoms with Crippen LogP contribution in [0.5, 0.6) is 0 Å². The van der Waals surface area contributed by atoms with Crippen molar-refractivity contribution in [2.24, 2.45) is 0 Å². The third-order valence-electron chi connectivity index (χ3n) is 3.62. The smallest absolute Gasteiger partial charge is 0.395 e. The van der Waals surface area contributed by atoms with Gasteiger partial charge in [-0.05, 0) is 35.4 Å². The molecule has 0 aliphatic rings. The SMILES string of the molecule is CC(NC(=O)c1ccc([N+](=O)[O-])o1)c1ccc2ccccc2c1. The summed E-state index contributed by atoms with van der Waals surface area (Å²) in [4.78, 5) is 22.0. The number of amides is 1. The lowest BCUT2D eigenvalue weighted by molar-refractivity contribution is -0.402. The molecule has 1 amide bonds. The highest BCUT2D eigenvalue weighted by Crippen LogP contribution is 2.21. The number of furan rings is 1. The first kappa shape index (κ1) is 14.8. The predicted octanol–water partition coefficient (Wildman–Crippen LogP) is 3.83. The standard InChI is InChI=1S/C17H14N2O4/c1-11(13-7-6-12-4-2-3-5-14(12)10-13)18-17(20)15-8-9-16(23-15)19(21)22/h2-11H,1H3,(H,18,20). The van der Waals surface area contributed by atoms with Gasteiger partial charge in [0.05, 0.1) is 12.1 Å². The highest BCUT2D eigenvalue weighted by Gasteiger charge is 2.19. The highest BCUT2D eigenvalue weighted by atomic mass is 16.6. The lowest BCUT2D eigenvalue weighted by Gasteiger charge is -2.14. The third kappa shape index (κ3) is 3.06. The van der Waals surface area contributed by atoms with E-state index in [1.807, 2.05) is 49.4 Å². The van der Waals surface area contributed by atoms with Crippen LogP contribution in [0.25, 0.3) is 10.8 Å². The molecule has 116 valence electrons. The second kappa shape index (κ2) is 5.92. The molecule has 0 spiro atoms. The van der Waals surface area contributed by atoms with Crippen LogP contribution in [-0.2, 0) is 0 Å².